The maximum Gasteiger partial charge on any atom is 0.272 e. The highest BCUT2D eigenvalue weighted by Gasteiger charge is 2.37. The molecule has 5 heteroatoms. The molecule has 1 fully saturated rings. The Morgan fingerprint density at radius 3 is 2.46 bits per heavy atom. The van der Waals surface area contributed by atoms with Gasteiger partial charge in [0.15, 0.2) is 0 Å². The van der Waals surface area contributed by atoms with Crippen LogP contribution in [0.15, 0.2) is 42.0 Å². The van der Waals surface area contributed by atoms with Gasteiger partial charge in [-0.15, -0.1) is 0 Å². The molecule has 4 rings (SSSR count). The minimum absolute atomic E-state index is 0.149. The zero-order valence-corrected chi connectivity index (χ0v) is 16.4. The van der Waals surface area contributed by atoms with Crippen molar-refractivity contribution >= 4 is 11.8 Å². The van der Waals surface area contributed by atoms with E-state index in [-0.39, 0.29) is 10.6 Å². The molecular weight excluding hydrogens is 352 g/mol. The molecule has 1 N–H and O–H groups in total. The maximum absolute atomic E-state index is 11.3. The fourth-order valence-electron chi connectivity index (χ4n) is 4.35. The smallest absolute Gasteiger partial charge is 0.272 e. The first kappa shape index (κ1) is 18.8. The summed E-state index contributed by atoms with van der Waals surface area (Å²) in [6.45, 7) is 6.46. The predicted octanol–water partition coefficient (Wildman–Crippen LogP) is 4.18. The Balaban J connectivity index is 1.44. The highest BCUT2D eigenvalue weighted by Crippen LogP contribution is 2.39. The Morgan fingerprint density at radius 1 is 1.14 bits per heavy atom. The van der Waals surface area contributed by atoms with Crippen molar-refractivity contribution in [3.05, 3.63) is 79.9 Å². The van der Waals surface area contributed by atoms with E-state index in [2.05, 4.69) is 36.1 Å². The number of rotatable bonds is 4. The van der Waals surface area contributed by atoms with E-state index in [1.165, 1.54) is 11.1 Å². The molecule has 1 aliphatic carbocycles. The van der Waals surface area contributed by atoms with Crippen LogP contribution >= 0.6 is 0 Å². The highest BCUT2D eigenvalue weighted by molar-refractivity contribution is 5.69. The molecule has 0 radical (unpaired) electrons. The molecule has 1 aliphatic heterocycles. The molecule has 2 aliphatic rings. The number of nitro benzene ring substituents is 1. The first-order chi connectivity index (χ1) is 13.3. The molecule has 5 nitrogen and oxygen atoms in total. The van der Waals surface area contributed by atoms with Crippen LogP contribution in [0.4, 0.5) is 5.69 Å². The summed E-state index contributed by atoms with van der Waals surface area (Å²) >= 11 is 0. The van der Waals surface area contributed by atoms with Crippen molar-refractivity contribution in [3.63, 3.8) is 0 Å². The van der Waals surface area contributed by atoms with Gasteiger partial charge in [0.25, 0.3) is 5.69 Å². The minimum atomic E-state index is -0.814. The summed E-state index contributed by atoms with van der Waals surface area (Å²) in [6, 6.07) is 12.2. The van der Waals surface area contributed by atoms with Gasteiger partial charge in [-0.25, -0.2) is 0 Å². The molecular formula is C23H26N2O3. The molecule has 2 aromatic carbocycles. The van der Waals surface area contributed by atoms with Crippen LogP contribution in [-0.2, 0) is 13.0 Å². The Hall–Kier alpha value is -2.50. The van der Waals surface area contributed by atoms with Crippen molar-refractivity contribution in [3.8, 4) is 0 Å². The highest BCUT2D eigenvalue weighted by atomic mass is 16.6. The van der Waals surface area contributed by atoms with Crippen LogP contribution in [0.25, 0.3) is 6.08 Å². The van der Waals surface area contributed by atoms with Gasteiger partial charge in [0.2, 0.25) is 0 Å². The van der Waals surface area contributed by atoms with E-state index >= 15 is 0 Å². The summed E-state index contributed by atoms with van der Waals surface area (Å²) in [7, 11) is 0. The zero-order chi connectivity index (χ0) is 19.9. The van der Waals surface area contributed by atoms with Crippen molar-refractivity contribution in [2.24, 2.45) is 0 Å². The normalized spacial score (nSPS) is 18.6. The maximum atomic E-state index is 11.3. The third-order valence-electron chi connectivity index (χ3n) is 6.17. The third-order valence-corrected chi connectivity index (χ3v) is 6.17. The summed E-state index contributed by atoms with van der Waals surface area (Å²) in [6.07, 6.45) is 4.04. The van der Waals surface area contributed by atoms with Gasteiger partial charge in [-0.3, -0.25) is 15.0 Å². The summed E-state index contributed by atoms with van der Waals surface area (Å²) in [4.78, 5) is 13.3. The topological polar surface area (TPSA) is 66.6 Å². The lowest BCUT2D eigenvalue weighted by atomic mass is 9.83. The van der Waals surface area contributed by atoms with E-state index in [1.54, 1.807) is 13.0 Å². The molecule has 2 aromatic rings. The molecule has 0 bridgehead atoms. The van der Waals surface area contributed by atoms with Crippen LogP contribution in [0.3, 0.4) is 0 Å². The van der Waals surface area contributed by atoms with Gasteiger partial charge >= 0.3 is 0 Å². The quantitative estimate of drug-likeness (QED) is 0.640. The number of hydrogen-bond acceptors (Lipinski definition) is 4. The van der Waals surface area contributed by atoms with Gasteiger partial charge in [0, 0.05) is 31.3 Å². The van der Waals surface area contributed by atoms with Crippen molar-refractivity contribution in [1.29, 1.82) is 0 Å². The zero-order valence-electron chi connectivity index (χ0n) is 16.4. The van der Waals surface area contributed by atoms with Gasteiger partial charge in [0.1, 0.15) is 0 Å². The molecule has 0 saturated carbocycles. The van der Waals surface area contributed by atoms with Crippen LogP contribution in [0.1, 0.15) is 40.7 Å². The second-order valence-corrected chi connectivity index (χ2v) is 8.23. The second-order valence-electron chi connectivity index (χ2n) is 8.23. The Bertz CT molecular complexity index is 939. The van der Waals surface area contributed by atoms with Crippen molar-refractivity contribution in [1.82, 2.24) is 4.90 Å². The molecule has 0 atom stereocenters. The summed E-state index contributed by atoms with van der Waals surface area (Å²) in [5.41, 5.74) is 5.53. The molecule has 146 valence electrons. The van der Waals surface area contributed by atoms with Crippen LogP contribution in [0.5, 0.6) is 0 Å². The molecule has 0 spiro atoms. The average Bonchev–Trinajstić information content (AvgIpc) is 3.08. The number of nitro groups is 1. The monoisotopic (exact) mass is 378 g/mol. The van der Waals surface area contributed by atoms with E-state index in [9.17, 15) is 15.2 Å². The summed E-state index contributed by atoms with van der Waals surface area (Å²) in [5, 5.41) is 22.5. The van der Waals surface area contributed by atoms with Crippen LogP contribution in [0.2, 0.25) is 0 Å². The molecule has 0 unspecified atom stereocenters. The summed E-state index contributed by atoms with van der Waals surface area (Å²) < 4.78 is 0. The number of likely N-dealkylation sites (tertiary alicyclic amines) is 1. The fourth-order valence-corrected chi connectivity index (χ4v) is 4.35. The lowest BCUT2D eigenvalue weighted by molar-refractivity contribution is -0.385. The lowest BCUT2D eigenvalue weighted by Gasteiger charge is -2.39. The minimum Gasteiger partial charge on any atom is -0.385 e. The van der Waals surface area contributed by atoms with Crippen LogP contribution in [-0.4, -0.2) is 33.6 Å². The van der Waals surface area contributed by atoms with Crippen LogP contribution < -0.4 is 0 Å². The molecule has 1 heterocycles. The van der Waals surface area contributed by atoms with E-state index in [4.69, 9.17) is 0 Å². The Labute approximate surface area is 165 Å². The van der Waals surface area contributed by atoms with Crippen molar-refractivity contribution < 1.29 is 10.0 Å². The predicted molar refractivity (Wildman–Crippen MR) is 110 cm³/mol. The van der Waals surface area contributed by atoms with Gasteiger partial charge < -0.3 is 5.11 Å². The first-order valence-electron chi connectivity index (χ1n) is 9.83. The number of hydrogen-bond donors (Lipinski definition) is 1. The van der Waals surface area contributed by atoms with Crippen molar-refractivity contribution in [2.75, 3.05) is 13.1 Å². The third kappa shape index (κ3) is 3.60. The van der Waals surface area contributed by atoms with Gasteiger partial charge in [-0.05, 0) is 61.4 Å². The number of aliphatic hydroxyl groups is 1. The Kier molecular flexibility index (Phi) is 4.81. The van der Waals surface area contributed by atoms with Gasteiger partial charge in [0.05, 0.1) is 10.5 Å². The van der Waals surface area contributed by atoms with Gasteiger partial charge in [-0.2, -0.15) is 0 Å². The van der Waals surface area contributed by atoms with Crippen molar-refractivity contribution in [2.45, 2.75) is 45.3 Å². The largest absolute Gasteiger partial charge is 0.385 e. The number of aryl methyl sites for hydroxylation is 2. The SMILES string of the molecule is Cc1ccc(CN2CCC(O)(C3=Cc4cc([N+](=O)[O-])c(C)cc4C3)CC2)cc1. The lowest BCUT2D eigenvalue weighted by Crippen LogP contribution is -2.45. The number of piperidine rings is 1. The van der Waals surface area contributed by atoms with E-state index in [0.717, 1.165) is 36.3 Å². The summed E-state index contributed by atoms with van der Waals surface area (Å²) in [5.74, 6) is 0. The van der Waals surface area contributed by atoms with Crippen LogP contribution in [0, 0.1) is 24.0 Å². The van der Waals surface area contributed by atoms with E-state index in [1.807, 2.05) is 12.1 Å². The number of fused-ring (bicyclic) bond motifs is 1. The van der Waals surface area contributed by atoms with Gasteiger partial charge in [-0.1, -0.05) is 35.9 Å². The molecule has 0 aromatic heterocycles. The Morgan fingerprint density at radius 2 is 1.82 bits per heavy atom. The standard InChI is InChI=1S/C23H26N2O3/c1-16-3-5-18(6-4-16)15-24-9-7-23(26,8-10-24)21-12-19-11-17(2)22(25(27)28)14-20(19)13-21/h3-6,11,13-14,26H,7-10,12,15H2,1-2H3. The number of nitrogens with zero attached hydrogens (tertiary/aromatic N) is 2. The van der Waals surface area contributed by atoms with E-state index in [0.29, 0.717) is 24.8 Å². The number of benzene rings is 2. The fraction of sp³-hybridized carbons (Fsp3) is 0.391. The first-order valence-corrected chi connectivity index (χ1v) is 9.83. The molecule has 28 heavy (non-hydrogen) atoms. The average molecular weight is 378 g/mol. The van der Waals surface area contributed by atoms with E-state index < -0.39 is 5.60 Å². The molecule has 0 amide bonds. The second kappa shape index (κ2) is 7.15. The molecule has 1 saturated heterocycles.